The molecule has 1 aliphatic rings. The molecule has 1 fully saturated rings. The quantitative estimate of drug-likeness (QED) is 0.787. The molecule has 4 nitrogen and oxygen atoms in total. The van der Waals surface area contributed by atoms with E-state index < -0.39 is 6.10 Å². The minimum atomic E-state index is -0.458. The number of thioether (sulfide) groups is 1. The maximum absolute atomic E-state index is 9.82. The molecule has 1 N–H and O–H groups in total. The number of benzene rings is 1. The topological polar surface area (TPSA) is 35.9 Å². The molecule has 1 atom stereocenters. The van der Waals surface area contributed by atoms with Gasteiger partial charge in [-0.25, -0.2) is 0 Å². The molecule has 0 amide bonds. The van der Waals surface area contributed by atoms with Gasteiger partial charge in [0.2, 0.25) is 0 Å². The lowest BCUT2D eigenvalue weighted by atomic mass is 10.1. The minimum absolute atomic E-state index is 0.331. The van der Waals surface area contributed by atoms with Crippen LogP contribution >= 0.6 is 11.8 Å². The normalized spacial score (nSPS) is 17.7. The first-order valence-corrected chi connectivity index (χ1v) is 9.52. The molecular formula is C18H30N2O2S. The molecule has 0 saturated carbocycles. The number of rotatable bonds is 8. The Hall–Kier alpha value is -0.750. The van der Waals surface area contributed by atoms with Crippen LogP contribution in [0.1, 0.15) is 18.4 Å². The van der Waals surface area contributed by atoms with Gasteiger partial charge in [-0.1, -0.05) is 12.1 Å². The summed E-state index contributed by atoms with van der Waals surface area (Å²) in [7, 11) is 6.11. The van der Waals surface area contributed by atoms with E-state index >= 15 is 0 Å². The van der Waals surface area contributed by atoms with Crippen LogP contribution < -0.4 is 4.74 Å². The summed E-state index contributed by atoms with van der Waals surface area (Å²) in [5, 5.41) is 9.82. The first-order valence-electron chi connectivity index (χ1n) is 8.37. The van der Waals surface area contributed by atoms with Crippen molar-refractivity contribution in [1.82, 2.24) is 9.80 Å². The zero-order valence-corrected chi connectivity index (χ0v) is 15.4. The second kappa shape index (κ2) is 9.52. The van der Waals surface area contributed by atoms with Crippen molar-refractivity contribution in [3.05, 3.63) is 29.8 Å². The van der Waals surface area contributed by atoms with Crippen LogP contribution in [-0.4, -0.2) is 72.9 Å². The van der Waals surface area contributed by atoms with Crippen LogP contribution in [0, 0.1) is 0 Å². The fourth-order valence-corrected chi connectivity index (χ4v) is 3.98. The van der Waals surface area contributed by atoms with Gasteiger partial charge in [-0.15, -0.1) is 0 Å². The summed E-state index contributed by atoms with van der Waals surface area (Å²) in [6.45, 7) is 1.93. The van der Waals surface area contributed by atoms with Crippen molar-refractivity contribution >= 4 is 11.8 Å². The van der Waals surface area contributed by atoms with Gasteiger partial charge in [0, 0.05) is 19.1 Å². The summed E-state index contributed by atoms with van der Waals surface area (Å²) >= 11 is 2.07. The summed E-state index contributed by atoms with van der Waals surface area (Å²) in [6.07, 6.45) is 2.14. The van der Waals surface area contributed by atoms with Crippen molar-refractivity contribution in [2.24, 2.45) is 0 Å². The highest BCUT2D eigenvalue weighted by molar-refractivity contribution is 7.99. The van der Waals surface area contributed by atoms with Crippen LogP contribution in [0.3, 0.4) is 0 Å². The molecule has 1 aromatic carbocycles. The van der Waals surface area contributed by atoms with Gasteiger partial charge in [0.1, 0.15) is 18.5 Å². The Morgan fingerprint density at radius 1 is 1.17 bits per heavy atom. The minimum Gasteiger partial charge on any atom is -0.491 e. The van der Waals surface area contributed by atoms with E-state index in [0.717, 1.165) is 12.3 Å². The SMILES string of the molecule is CN(C)C[C@@H](O)COc1ccc(CN(C)C2CCSCC2)cc1. The molecule has 1 heterocycles. The number of aliphatic hydroxyl groups excluding tert-OH is 1. The molecular weight excluding hydrogens is 308 g/mol. The number of ether oxygens (including phenoxy) is 1. The number of likely N-dealkylation sites (N-methyl/N-ethyl adjacent to an activating group) is 1. The first-order chi connectivity index (χ1) is 11.0. The maximum atomic E-state index is 9.82. The van der Waals surface area contributed by atoms with Crippen molar-refractivity contribution in [2.45, 2.75) is 31.5 Å². The molecule has 2 rings (SSSR count). The van der Waals surface area contributed by atoms with Gasteiger partial charge in [0.15, 0.2) is 0 Å². The van der Waals surface area contributed by atoms with Crippen molar-refractivity contribution in [1.29, 1.82) is 0 Å². The smallest absolute Gasteiger partial charge is 0.119 e. The number of aliphatic hydroxyl groups is 1. The standard InChI is InChI=1S/C18H30N2O2S/c1-19(2)13-17(21)14-22-18-6-4-15(5-7-18)12-20(3)16-8-10-23-11-9-16/h4-7,16-17,21H,8-14H2,1-3H3/t17-/m1/s1. The molecule has 0 radical (unpaired) electrons. The predicted octanol–water partition coefficient (Wildman–Crippen LogP) is 2.32. The highest BCUT2D eigenvalue weighted by Crippen LogP contribution is 2.22. The average Bonchev–Trinajstić information content (AvgIpc) is 2.54. The fraction of sp³-hybridized carbons (Fsp3) is 0.667. The van der Waals surface area contributed by atoms with E-state index in [9.17, 15) is 5.11 Å². The van der Waals surface area contributed by atoms with Crippen LogP contribution in [0.5, 0.6) is 5.75 Å². The molecule has 5 heteroatoms. The molecule has 0 spiro atoms. The molecule has 0 unspecified atom stereocenters. The van der Waals surface area contributed by atoms with Crippen LogP contribution in [-0.2, 0) is 6.54 Å². The van der Waals surface area contributed by atoms with E-state index in [1.54, 1.807) is 0 Å². The molecule has 1 aliphatic heterocycles. The Balaban J connectivity index is 1.77. The number of hydrogen-bond donors (Lipinski definition) is 1. The van der Waals surface area contributed by atoms with Crippen molar-refractivity contribution in [3.63, 3.8) is 0 Å². The summed E-state index contributed by atoms with van der Waals surface area (Å²) in [5.41, 5.74) is 1.31. The van der Waals surface area contributed by atoms with Crippen LogP contribution in [0.4, 0.5) is 0 Å². The third kappa shape index (κ3) is 6.71. The van der Waals surface area contributed by atoms with Gasteiger partial charge in [0.05, 0.1) is 0 Å². The van der Waals surface area contributed by atoms with Gasteiger partial charge in [0.25, 0.3) is 0 Å². The highest BCUT2D eigenvalue weighted by Gasteiger charge is 2.18. The highest BCUT2D eigenvalue weighted by atomic mass is 32.2. The monoisotopic (exact) mass is 338 g/mol. The molecule has 23 heavy (non-hydrogen) atoms. The third-order valence-electron chi connectivity index (χ3n) is 4.19. The molecule has 0 aliphatic carbocycles. The van der Waals surface area contributed by atoms with Gasteiger partial charge >= 0.3 is 0 Å². The summed E-state index contributed by atoms with van der Waals surface area (Å²) in [4.78, 5) is 4.42. The Bertz CT molecular complexity index is 447. The zero-order chi connectivity index (χ0) is 16.7. The van der Waals surface area contributed by atoms with Crippen LogP contribution in [0.25, 0.3) is 0 Å². The van der Waals surface area contributed by atoms with Gasteiger partial charge in [-0.05, 0) is 63.2 Å². The molecule has 1 saturated heterocycles. The third-order valence-corrected chi connectivity index (χ3v) is 5.24. The largest absolute Gasteiger partial charge is 0.491 e. The van der Waals surface area contributed by atoms with Gasteiger partial charge in [-0.2, -0.15) is 11.8 Å². The summed E-state index contributed by atoms with van der Waals surface area (Å²) in [6, 6.07) is 8.97. The van der Waals surface area contributed by atoms with E-state index in [1.165, 1.54) is 29.9 Å². The average molecular weight is 339 g/mol. The van der Waals surface area contributed by atoms with Crippen LogP contribution in [0.2, 0.25) is 0 Å². The lowest BCUT2D eigenvalue weighted by molar-refractivity contribution is 0.0831. The Morgan fingerprint density at radius 3 is 2.43 bits per heavy atom. The lowest BCUT2D eigenvalue weighted by Gasteiger charge is -2.31. The van der Waals surface area contributed by atoms with Crippen molar-refractivity contribution < 1.29 is 9.84 Å². The lowest BCUT2D eigenvalue weighted by Crippen LogP contribution is -2.34. The predicted molar refractivity (Wildman–Crippen MR) is 98.3 cm³/mol. The molecule has 0 aromatic heterocycles. The summed E-state index contributed by atoms with van der Waals surface area (Å²) < 4.78 is 5.65. The number of nitrogens with zero attached hydrogens (tertiary/aromatic N) is 2. The molecule has 130 valence electrons. The number of hydrogen-bond acceptors (Lipinski definition) is 5. The van der Waals surface area contributed by atoms with E-state index in [1.807, 2.05) is 31.1 Å². The van der Waals surface area contributed by atoms with E-state index in [4.69, 9.17) is 4.74 Å². The molecule has 0 bridgehead atoms. The van der Waals surface area contributed by atoms with Gasteiger partial charge in [-0.3, -0.25) is 4.90 Å². The summed E-state index contributed by atoms with van der Waals surface area (Å²) in [5.74, 6) is 3.40. The Morgan fingerprint density at radius 2 is 1.83 bits per heavy atom. The fourth-order valence-electron chi connectivity index (χ4n) is 2.90. The zero-order valence-electron chi connectivity index (χ0n) is 14.6. The van der Waals surface area contributed by atoms with E-state index in [-0.39, 0.29) is 0 Å². The maximum Gasteiger partial charge on any atom is 0.119 e. The van der Waals surface area contributed by atoms with Crippen molar-refractivity contribution in [2.75, 3.05) is 45.8 Å². The van der Waals surface area contributed by atoms with Gasteiger partial charge < -0.3 is 14.7 Å². The van der Waals surface area contributed by atoms with E-state index in [2.05, 4.69) is 35.8 Å². The second-order valence-corrected chi connectivity index (χ2v) is 7.85. The first kappa shape index (κ1) is 18.6. The van der Waals surface area contributed by atoms with Crippen LogP contribution in [0.15, 0.2) is 24.3 Å². The second-order valence-electron chi connectivity index (χ2n) is 6.63. The molecule has 1 aromatic rings. The Kier molecular flexibility index (Phi) is 7.70. The van der Waals surface area contributed by atoms with Crippen molar-refractivity contribution in [3.8, 4) is 5.75 Å². The van der Waals surface area contributed by atoms with E-state index in [0.29, 0.717) is 19.2 Å². The Labute approximate surface area is 144 Å².